The second-order valence-electron chi connectivity index (χ2n) is 4.63. The predicted molar refractivity (Wildman–Crippen MR) is 81.1 cm³/mol. The van der Waals surface area contributed by atoms with Gasteiger partial charge in [-0.25, -0.2) is 4.98 Å². The van der Waals surface area contributed by atoms with Crippen molar-refractivity contribution >= 4 is 34.1 Å². The van der Waals surface area contributed by atoms with Crippen LogP contribution in [0, 0.1) is 0 Å². The minimum atomic E-state index is -0.380. The Balaban J connectivity index is 2.64. The molecule has 0 radical (unpaired) electrons. The highest BCUT2D eigenvalue weighted by Crippen LogP contribution is 2.26. The van der Waals surface area contributed by atoms with Crippen molar-refractivity contribution in [1.29, 1.82) is 0 Å². The van der Waals surface area contributed by atoms with Crippen molar-refractivity contribution in [2.45, 2.75) is 26.8 Å². The second kappa shape index (κ2) is 7.09. The largest absolute Gasteiger partial charge is 0.382 e. The van der Waals surface area contributed by atoms with Gasteiger partial charge in [-0.15, -0.1) is 0 Å². The topological polar surface area (TPSA) is 100 Å². The second-order valence-corrected chi connectivity index (χ2v) is 5.61. The average molecular weight is 299 g/mol. The molecule has 112 valence electrons. The predicted octanol–water partition coefficient (Wildman–Crippen LogP) is 0.436. The molecule has 1 rings (SSSR count). The molecule has 0 saturated heterocycles. The summed E-state index contributed by atoms with van der Waals surface area (Å²) < 4.78 is 0. The van der Waals surface area contributed by atoms with E-state index in [1.807, 2.05) is 32.7 Å². The van der Waals surface area contributed by atoms with Crippen LogP contribution in [0.25, 0.3) is 0 Å². The molecule has 0 aliphatic carbocycles. The van der Waals surface area contributed by atoms with Gasteiger partial charge < -0.3 is 21.3 Å². The number of nitrogen functional groups attached to an aromatic ring is 1. The molecule has 0 spiro atoms. The molecule has 0 unspecified atom stereocenters. The van der Waals surface area contributed by atoms with Crippen LogP contribution in [0.15, 0.2) is 0 Å². The number of hydrogen-bond acceptors (Lipinski definition) is 6. The zero-order chi connectivity index (χ0) is 15.3. The summed E-state index contributed by atoms with van der Waals surface area (Å²) in [7, 11) is 1.87. The smallest absolute Gasteiger partial charge is 0.265 e. The molecule has 2 amide bonds. The fourth-order valence-electron chi connectivity index (χ4n) is 1.40. The number of anilines is 2. The molecule has 0 aliphatic heterocycles. The van der Waals surface area contributed by atoms with Crippen LogP contribution in [-0.2, 0) is 4.79 Å². The van der Waals surface area contributed by atoms with E-state index >= 15 is 0 Å². The van der Waals surface area contributed by atoms with Gasteiger partial charge in [-0.05, 0) is 20.8 Å². The Morgan fingerprint density at radius 3 is 2.65 bits per heavy atom. The molecule has 0 saturated carbocycles. The molecule has 0 aromatic carbocycles. The van der Waals surface area contributed by atoms with Gasteiger partial charge in [0.15, 0.2) is 5.13 Å². The highest BCUT2D eigenvalue weighted by atomic mass is 32.1. The first-order valence-corrected chi connectivity index (χ1v) is 7.21. The summed E-state index contributed by atoms with van der Waals surface area (Å²) in [5, 5.41) is 5.91. The lowest BCUT2D eigenvalue weighted by atomic mass is 10.4. The van der Waals surface area contributed by atoms with Crippen molar-refractivity contribution in [3.8, 4) is 0 Å². The molecule has 0 bridgehead atoms. The Morgan fingerprint density at radius 1 is 1.45 bits per heavy atom. The zero-order valence-corrected chi connectivity index (χ0v) is 13.0. The summed E-state index contributed by atoms with van der Waals surface area (Å²) in [5.74, 6) is -0.427. The molecule has 7 nitrogen and oxygen atoms in total. The maximum Gasteiger partial charge on any atom is 0.265 e. The Labute approximate surface area is 122 Å². The fourth-order valence-corrected chi connectivity index (χ4v) is 2.32. The molecule has 1 heterocycles. The molecular weight excluding hydrogens is 278 g/mol. The van der Waals surface area contributed by atoms with Gasteiger partial charge in [-0.1, -0.05) is 11.3 Å². The third kappa shape index (κ3) is 4.37. The van der Waals surface area contributed by atoms with Crippen molar-refractivity contribution < 1.29 is 9.59 Å². The summed E-state index contributed by atoms with van der Waals surface area (Å²) >= 11 is 1.21. The van der Waals surface area contributed by atoms with Crippen LogP contribution >= 0.6 is 11.3 Å². The Bertz CT molecular complexity index is 486. The van der Waals surface area contributed by atoms with Gasteiger partial charge in [-0.2, -0.15) is 0 Å². The average Bonchev–Trinajstić information content (AvgIpc) is 2.76. The van der Waals surface area contributed by atoms with E-state index in [1.54, 1.807) is 0 Å². The van der Waals surface area contributed by atoms with E-state index in [-0.39, 0.29) is 30.2 Å². The van der Waals surface area contributed by atoms with Gasteiger partial charge in [0.05, 0.1) is 6.54 Å². The van der Waals surface area contributed by atoms with Gasteiger partial charge in [-0.3, -0.25) is 9.59 Å². The van der Waals surface area contributed by atoms with E-state index < -0.39 is 0 Å². The standard InChI is InChI=1S/C12H21N5O2S/c1-5-17(4)12-16-10(13)9(20-12)11(19)14-6-8(18)15-7(2)3/h7H,5-6,13H2,1-4H3,(H,14,19)(H,15,18). The monoisotopic (exact) mass is 299 g/mol. The van der Waals surface area contributed by atoms with E-state index in [9.17, 15) is 9.59 Å². The third-order valence-corrected chi connectivity index (χ3v) is 3.69. The minimum Gasteiger partial charge on any atom is -0.382 e. The number of rotatable bonds is 6. The van der Waals surface area contributed by atoms with Crippen LogP contribution < -0.4 is 21.3 Å². The molecule has 0 fully saturated rings. The van der Waals surface area contributed by atoms with Crippen molar-refractivity contribution in [3.05, 3.63) is 4.88 Å². The van der Waals surface area contributed by atoms with Crippen LogP contribution in [0.1, 0.15) is 30.4 Å². The lowest BCUT2D eigenvalue weighted by Gasteiger charge is -2.11. The Hall–Kier alpha value is -1.83. The highest BCUT2D eigenvalue weighted by molar-refractivity contribution is 7.18. The van der Waals surface area contributed by atoms with Crippen LogP contribution in [0.4, 0.5) is 10.9 Å². The first-order valence-electron chi connectivity index (χ1n) is 6.40. The molecular formula is C12H21N5O2S. The van der Waals surface area contributed by atoms with Gasteiger partial charge in [0, 0.05) is 19.6 Å². The van der Waals surface area contributed by atoms with Gasteiger partial charge >= 0.3 is 0 Å². The SMILES string of the molecule is CCN(C)c1nc(N)c(C(=O)NCC(=O)NC(C)C)s1. The van der Waals surface area contributed by atoms with Crippen molar-refractivity contribution in [2.75, 3.05) is 30.8 Å². The number of carbonyl (C=O) groups is 2. The summed E-state index contributed by atoms with van der Waals surface area (Å²) in [6.07, 6.45) is 0. The zero-order valence-electron chi connectivity index (χ0n) is 12.2. The fraction of sp³-hybridized carbons (Fsp3) is 0.583. The van der Waals surface area contributed by atoms with Crippen molar-refractivity contribution in [3.63, 3.8) is 0 Å². The van der Waals surface area contributed by atoms with Gasteiger partial charge in [0.25, 0.3) is 5.91 Å². The van der Waals surface area contributed by atoms with Crippen LogP contribution in [0.2, 0.25) is 0 Å². The third-order valence-electron chi connectivity index (χ3n) is 2.51. The summed E-state index contributed by atoms with van der Waals surface area (Å²) in [4.78, 5) is 29.8. The number of aromatic nitrogens is 1. The van der Waals surface area contributed by atoms with E-state index in [4.69, 9.17) is 5.73 Å². The van der Waals surface area contributed by atoms with Gasteiger partial charge in [0.1, 0.15) is 10.7 Å². The van der Waals surface area contributed by atoms with Crippen LogP contribution in [0.3, 0.4) is 0 Å². The number of nitrogens with zero attached hydrogens (tertiary/aromatic N) is 2. The number of nitrogens with two attached hydrogens (primary N) is 1. The Morgan fingerprint density at radius 2 is 2.10 bits per heavy atom. The summed E-state index contributed by atoms with van der Waals surface area (Å²) in [6, 6.07) is 0.0395. The van der Waals surface area contributed by atoms with Crippen LogP contribution in [0.5, 0.6) is 0 Å². The van der Waals surface area contributed by atoms with E-state index in [1.165, 1.54) is 11.3 Å². The van der Waals surface area contributed by atoms with Crippen molar-refractivity contribution in [1.82, 2.24) is 15.6 Å². The van der Waals surface area contributed by atoms with E-state index in [0.717, 1.165) is 6.54 Å². The van der Waals surface area contributed by atoms with E-state index in [0.29, 0.717) is 10.0 Å². The summed E-state index contributed by atoms with van der Waals surface area (Å²) in [6.45, 7) is 6.38. The Kier molecular flexibility index (Phi) is 5.75. The summed E-state index contributed by atoms with van der Waals surface area (Å²) in [5.41, 5.74) is 5.73. The minimum absolute atomic E-state index is 0.0395. The normalized spacial score (nSPS) is 10.4. The maximum atomic E-state index is 12.0. The van der Waals surface area contributed by atoms with Gasteiger partial charge in [0.2, 0.25) is 5.91 Å². The number of thiazole rings is 1. The van der Waals surface area contributed by atoms with Crippen LogP contribution in [-0.4, -0.2) is 43.0 Å². The highest BCUT2D eigenvalue weighted by Gasteiger charge is 2.18. The number of nitrogens with one attached hydrogen (secondary N) is 2. The molecule has 4 N–H and O–H groups in total. The molecule has 0 atom stereocenters. The first kappa shape index (κ1) is 16.2. The molecule has 8 heteroatoms. The molecule has 1 aromatic heterocycles. The molecule has 20 heavy (non-hydrogen) atoms. The maximum absolute atomic E-state index is 12.0. The molecule has 0 aliphatic rings. The quantitative estimate of drug-likeness (QED) is 0.707. The van der Waals surface area contributed by atoms with E-state index in [2.05, 4.69) is 15.6 Å². The van der Waals surface area contributed by atoms with Crippen molar-refractivity contribution in [2.24, 2.45) is 0 Å². The lowest BCUT2D eigenvalue weighted by Crippen LogP contribution is -2.39. The number of hydrogen-bond donors (Lipinski definition) is 3. The molecule has 1 aromatic rings. The number of amides is 2. The lowest BCUT2D eigenvalue weighted by molar-refractivity contribution is -0.120. The first-order chi connectivity index (χ1) is 9.35. The number of carbonyl (C=O) groups excluding carboxylic acids is 2.